The van der Waals surface area contributed by atoms with Gasteiger partial charge in [0, 0.05) is 32.0 Å². The van der Waals surface area contributed by atoms with Gasteiger partial charge in [0.25, 0.3) is 0 Å². The standard InChI is InChI=1S/C29H33F7N2O3/c1-16-11-21(30)7-8-22(16)24-15-38(26(40)41-27(3,4)5)10-9-23(24)25(39)37(6)17(2)18-12-19(28(31,32)33)14-20(13-18)29(34,35)36/h7-8,11-14,17,23-24H,9-10,15H2,1-6H3/t17-,23-,24+/m0/s1. The Kier molecular flexibility index (Phi) is 9.05. The molecule has 5 nitrogen and oxygen atoms in total. The van der Waals surface area contributed by atoms with E-state index in [9.17, 15) is 40.3 Å². The van der Waals surface area contributed by atoms with Gasteiger partial charge in [0.1, 0.15) is 11.4 Å². The fourth-order valence-corrected chi connectivity index (χ4v) is 5.01. The summed E-state index contributed by atoms with van der Waals surface area (Å²) in [7, 11) is 1.31. The van der Waals surface area contributed by atoms with E-state index in [1.54, 1.807) is 27.7 Å². The smallest absolute Gasteiger partial charge is 0.416 e. The predicted molar refractivity (Wildman–Crippen MR) is 137 cm³/mol. The highest BCUT2D eigenvalue weighted by atomic mass is 19.4. The third kappa shape index (κ3) is 7.71. The fourth-order valence-electron chi connectivity index (χ4n) is 5.01. The van der Waals surface area contributed by atoms with Crippen LogP contribution in [0.5, 0.6) is 0 Å². The van der Waals surface area contributed by atoms with Gasteiger partial charge in [-0.3, -0.25) is 4.79 Å². The van der Waals surface area contributed by atoms with E-state index in [0.29, 0.717) is 23.3 Å². The Labute approximate surface area is 234 Å². The lowest BCUT2D eigenvalue weighted by atomic mass is 9.78. The fraction of sp³-hybridized carbons (Fsp3) is 0.517. The molecule has 0 radical (unpaired) electrons. The summed E-state index contributed by atoms with van der Waals surface area (Å²) in [5.74, 6) is -2.45. The highest BCUT2D eigenvalue weighted by Crippen LogP contribution is 2.40. The molecular formula is C29H33F7N2O3. The van der Waals surface area contributed by atoms with Crippen molar-refractivity contribution >= 4 is 12.0 Å². The highest BCUT2D eigenvalue weighted by molar-refractivity contribution is 5.81. The first-order valence-electron chi connectivity index (χ1n) is 13.0. The molecule has 1 heterocycles. The number of piperidine rings is 1. The number of hydrogen-bond acceptors (Lipinski definition) is 3. The van der Waals surface area contributed by atoms with Gasteiger partial charge in [-0.2, -0.15) is 26.3 Å². The second-order valence-electron chi connectivity index (χ2n) is 11.4. The molecule has 0 saturated carbocycles. The van der Waals surface area contributed by atoms with E-state index in [1.165, 1.54) is 37.1 Å². The average molecular weight is 591 g/mol. The first-order valence-corrected chi connectivity index (χ1v) is 13.0. The Hall–Kier alpha value is -3.31. The molecule has 12 heteroatoms. The van der Waals surface area contributed by atoms with Crippen molar-refractivity contribution in [3.05, 3.63) is 70.0 Å². The molecule has 3 rings (SSSR count). The van der Waals surface area contributed by atoms with Gasteiger partial charge in [0.2, 0.25) is 5.91 Å². The number of hydrogen-bond donors (Lipinski definition) is 0. The van der Waals surface area contributed by atoms with Crippen LogP contribution in [0.4, 0.5) is 35.5 Å². The number of rotatable bonds is 4. The van der Waals surface area contributed by atoms with E-state index >= 15 is 0 Å². The van der Waals surface area contributed by atoms with Crippen molar-refractivity contribution < 1.29 is 45.1 Å². The minimum absolute atomic E-state index is 0.0395. The maximum absolute atomic E-state index is 13.9. The lowest BCUT2D eigenvalue weighted by molar-refractivity contribution is -0.143. The molecular weight excluding hydrogens is 557 g/mol. The van der Waals surface area contributed by atoms with Gasteiger partial charge in [0.15, 0.2) is 0 Å². The van der Waals surface area contributed by atoms with Crippen molar-refractivity contribution in [3.63, 3.8) is 0 Å². The summed E-state index contributed by atoms with van der Waals surface area (Å²) >= 11 is 0. The normalized spacial score (nSPS) is 19.1. The Morgan fingerprint density at radius 1 is 0.976 bits per heavy atom. The van der Waals surface area contributed by atoms with Crippen molar-refractivity contribution in [3.8, 4) is 0 Å². The molecule has 0 spiro atoms. The van der Waals surface area contributed by atoms with Crippen LogP contribution in [0.3, 0.4) is 0 Å². The Balaban J connectivity index is 1.97. The number of nitrogens with zero attached hydrogens (tertiary/aromatic N) is 2. The van der Waals surface area contributed by atoms with E-state index in [4.69, 9.17) is 4.74 Å². The molecule has 1 aliphatic heterocycles. The largest absolute Gasteiger partial charge is 0.444 e. The number of amides is 2. The maximum Gasteiger partial charge on any atom is 0.416 e. The zero-order valence-electron chi connectivity index (χ0n) is 23.6. The van der Waals surface area contributed by atoms with Crippen LogP contribution in [0.2, 0.25) is 0 Å². The molecule has 1 fully saturated rings. The van der Waals surface area contributed by atoms with Crippen molar-refractivity contribution in [2.24, 2.45) is 5.92 Å². The topological polar surface area (TPSA) is 49.9 Å². The van der Waals surface area contributed by atoms with Gasteiger partial charge in [-0.15, -0.1) is 0 Å². The molecule has 2 aromatic carbocycles. The van der Waals surface area contributed by atoms with Gasteiger partial charge in [-0.05, 0) is 88.1 Å². The molecule has 3 atom stereocenters. The molecule has 0 aromatic heterocycles. The average Bonchev–Trinajstić information content (AvgIpc) is 2.84. The summed E-state index contributed by atoms with van der Waals surface area (Å²) in [6, 6.07) is 4.13. The number of benzene rings is 2. The van der Waals surface area contributed by atoms with E-state index in [-0.39, 0.29) is 31.1 Å². The van der Waals surface area contributed by atoms with Gasteiger partial charge in [-0.1, -0.05) is 6.07 Å². The minimum Gasteiger partial charge on any atom is -0.444 e. The number of aryl methyl sites for hydroxylation is 1. The summed E-state index contributed by atoms with van der Waals surface area (Å²) in [6.45, 7) is 8.29. The lowest BCUT2D eigenvalue weighted by Crippen LogP contribution is -2.49. The molecule has 226 valence electrons. The van der Waals surface area contributed by atoms with Gasteiger partial charge < -0.3 is 14.5 Å². The van der Waals surface area contributed by atoms with Crippen LogP contribution >= 0.6 is 0 Å². The number of carbonyl (C=O) groups excluding carboxylic acids is 2. The Morgan fingerprint density at radius 3 is 2.02 bits per heavy atom. The van der Waals surface area contributed by atoms with Crippen LogP contribution in [-0.4, -0.2) is 47.5 Å². The second-order valence-corrected chi connectivity index (χ2v) is 11.4. The molecule has 2 aromatic rings. The summed E-state index contributed by atoms with van der Waals surface area (Å²) in [6.07, 6.45) is -10.5. The minimum atomic E-state index is -5.03. The van der Waals surface area contributed by atoms with Gasteiger partial charge in [-0.25, -0.2) is 9.18 Å². The maximum atomic E-state index is 13.9. The number of halogens is 7. The molecule has 0 bridgehead atoms. The molecule has 1 aliphatic rings. The molecule has 0 N–H and O–H groups in total. The van der Waals surface area contributed by atoms with Crippen molar-refractivity contribution in [2.75, 3.05) is 20.1 Å². The third-order valence-electron chi connectivity index (χ3n) is 7.23. The van der Waals surface area contributed by atoms with Crippen molar-refractivity contribution in [1.82, 2.24) is 9.80 Å². The van der Waals surface area contributed by atoms with Crippen LogP contribution in [0, 0.1) is 18.7 Å². The molecule has 41 heavy (non-hydrogen) atoms. The van der Waals surface area contributed by atoms with Crippen LogP contribution in [-0.2, 0) is 21.9 Å². The van der Waals surface area contributed by atoms with E-state index in [0.717, 1.165) is 4.90 Å². The van der Waals surface area contributed by atoms with E-state index in [1.807, 2.05) is 0 Å². The van der Waals surface area contributed by atoms with Crippen LogP contribution in [0.1, 0.15) is 73.9 Å². The molecule has 2 amide bonds. The Bertz CT molecular complexity index is 1250. The quantitative estimate of drug-likeness (QED) is 0.343. The first kappa shape index (κ1) is 32.2. The number of ether oxygens (including phenoxy) is 1. The van der Waals surface area contributed by atoms with Crippen molar-refractivity contribution in [2.45, 2.75) is 71.0 Å². The molecule has 0 unspecified atom stereocenters. The van der Waals surface area contributed by atoms with E-state index < -0.39 is 64.8 Å². The zero-order valence-corrected chi connectivity index (χ0v) is 23.6. The number of carbonyl (C=O) groups is 2. The van der Waals surface area contributed by atoms with Gasteiger partial charge >= 0.3 is 18.4 Å². The third-order valence-corrected chi connectivity index (χ3v) is 7.23. The van der Waals surface area contributed by atoms with E-state index in [2.05, 4.69) is 0 Å². The number of likely N-dealkylation sites (tertiary alicyclic amines) is 1. The second kappa shape index (κ2) is 11.5. The lowest BCUT2D eigenvalue weighted by Gasteiger charge is -2.41. The summed E-state index contributed by atoms with van der Waals surface area (Å²) in [4.78, 5) is 29.2. The van der Waals surface area contributed by atoms with Crippen LogP contribution in [0.25, 0.3) is 0 Å². The predicted octanol–water partition coefficient (Wildman–Crippen LogP) is 7.73. The molecule has 1 saturated heterocycles. The Morgan fingerprint density at radius 2 is 1.54 bits per heavy atom. The van der Waals surface area contributed by atoms with Gasteiger partial charge in [0.05, 0.1) is 17.2 Å². The zero-order chi connectivity index (χ0) is 31.1. The van der Waals surface area contributed by atoms with Crippen LogP contribution in [0.15, 0.2) is 36.4 Å². The SMILES string of the molecule is Cc1cc(F)ccc1[C@H]1CN(C(=O)OC(C)(C)C)CC[C@@H]1C(=O)N(C)[C@@H](C)c1cc(C(F)(F)F)cc(C(F)(F)F)c1. The summed E-state index contributed by atoms with van der Waals surface area (Å²) in [5.41, 5.74) is -2.93. The summed E-state index contributed by atoms with van der Waals surface area (Å²) < 4.78 is 100. The monoisotopic (exact) mass is 590 g/mol. The first-order chi connectivity index (χ1) is 18.7. The summed E-state index contributed by atoms with van der Waals surface area (Å²) in [5, 5.41) is 0. The van der Waals surface area contributed by atoms with Crippen LogP contribution < -0.4 is 0 Å². The van der Waals surface area contributed by atoms with Crippen molar-refractivity contribution in [1.29, 1.82) is 0 Å². The number of alkyl halides is 6. The highest BCUT2D eigenvalue weighted by Gasteiger charge is 2.42. The molecule has 0 aliphatic carbocycles.